The van der Waals surface area contributed by atoms with Gasteiger partial charge in [0.1, 0.15) is 0 Å². The second kappa shape index (κ2) is 9.37. The average molecular weight is 416 g/mol. The van der Waals surface area contributed by atoms with E-state index in [2.05, 4.69) is 29.2 Å². The summed E-state index contributed by atoms with van der Waals surface area (Å²) in [5.74, 6) is 0.0903. The second-order valence-corrected chi connectivity index (χ2v) is 7.66. The summed E-state index contributed by atoms with van der Waals surface area (Å²) in [5.41, 5.74) is 3.47. The quantitative estimate of drug-likeness (QED) is 0.550. The first-order chi connectivity index (χ1) is 13.6. The van der Waals surface area contributed by atoms with Crippen molar-refractivity contribution >= 4 is 24.0 Å². The Bertz CT molecular complexity index is 866. The van der Waals surface area contributed by atoms with E-state index >= 15 is 0 Å². The zero-order valence-electron chi connectivity index (χ0n) is 16.3. The summed E-state index contributed by atoms with van der Waals surface area (Å²) < 4.78 is 0. The molecule has 0 aliphatic carbocycles. The molecule has 4 rings (SSSR count). The molecule has 1 unspecified atom stereocenters. The number of hydrogen-bond donors (Lipinski definition) is 0. The van der Waals surface area contributed by atoms with Crippen LogP contribution in [0.4, 0.5) is 5.69 Å². The fourth-order valence-electron chi connectivity index (χ4n) is 4.37. The first kappa shape index (κ1) is 21.3. The summed E-state index contributed by atoms with van der Waals surface area (Å²) in [7, 11) is 0. The summed E-state index contributed by atoms with van der Waals surface area (Å²) in [6, 6.07) is 14.8. The summed E-state index contributed by atoms with van der Waals surface area (Å²) in [6.07, 6.45) is 3.60. The van der Waals surface area contributed by atoms with Crippen molar-refractivity contribution in [1.82, 2.24) is 9.80 Å². The predicted molar refractivity (Wildman–Crippen MR) is 114 cm³/mol. The van der Waals surface area contributed by atoms with Crippen molar-refractivity contribution in [3.63, 3.8) is 0 Å². The van der Waals surface area contributed by atoms with Crippen LogP contribution in [-0.2, 0) is 17.6 Å². The average Bonchev–Trinajstić information content (AvgIpc) is 3.22. The lowest BCUT2D eigenvalue weighted by atomic mass is 9.91. The number of carbonyl (C=O) groups is 1. The first-order valence-corrected chi connectivity index (χ1v) is 9.95. The first-order valence-electron chi connectivity index (χ1n) is 9.95. The maximum atomic E-state index is 13.2. The Labute approximate surface area is 177 Å². The third-order valence-electron chi connectivity index (χ3n) is 5.87. The number of hydrogen-bond acceptors (Lipinski definition) is 4. The molecule has 2 aromatic carbocycles. The standard InChI is InChI=1S/C22H25N3O3.ClH/c26-22(15-17-7-9-19(10-8-17)25(27)28)24-14-11-18-5-1-2-6-20(18)21(24)16-23-12-3-4-13-23;/h1-2,5-10,21H,3-4,11-16H2;1H. The van der Waals surface area contributed by atoms with Crippen LogP contribution in [0.1, 0.15) is 35.6 Å². The molecule has 154 valence electrons. The van der Waals surface area contributed by atoms with Crippen LogP contribution in [0.2, 0.25) is 0 Å². The second-order valence-electron chi connectivity index (χ2n) is 7.66. The van der Waals surface area contributed by atoms with Crippen LogP contribution in [0.3, 0.4) is 0 Å². The van der Waals surface area contributed by atoms with Crippen LogP contribution in [-0.4, -0.2) is 46.8 Å². The van der Waals surface area contributed by atoms with Gasteiger partial charge in [0.2, 0.25) is 5.91 Å². The number of nitro groups is 1. The van der Waals surface area contributed by atoms with E-state index in [1.54, 1.807) is 12.1 Å². The van der Waals surface area contributed by atoms with Crippen LogP contribution < -0.4 is 0 Å². The van der Waals surface area contributed by atoms with Crippen molar-refractivity contribution in [3.05, 3.63) is 75.3 Å². The van der Waals surface area contributed by atoms with E-state index in [4.69, 9.17) is 0 Å². The molecule has 2 heterocycles. The van der Waals surface area contributed by atoms with Crippen molar-refractivity contribution in [3.8, 4) is 0 Å². The van der Waals surface area contributed by atoms with Crippen LogP contribution in [0.25, 0.3) is 0 Å². The number of rotatable bonds is 5. The van der Waals surface area contributed by atoms with E-state index in [0.29, 0.717) is 0 Å². The molecule has 0 saturated carbocycles. The summed E-state index contributed by atoms with van der Waals surface area (Å²) in [4.78, 5) is 28.0. The van der Waals surface area contributed by atoms with Gasteiger partial charge in [0, 0.05) is 25.2 Å². The van der Waals surface area contributed by atoms with E-state index in [-0.39, 0.29) is 36.5 Å². The molecule has 7 heteroatoms. The highest BCUT2D eigenvalue weighted by Crippen LogP contribution is 2.32. The molecule has 2 aromatic rings. The molecule has 0 N–H and O–H groups in total. The number of benzene rings is 2. The van der Waals surface area contributed by atoms with E-state index in [9.17, 15) is 14.9 Å². The van der Waals surface area contributed by atoms with Crippen LogP contribution >= 0.6 is 12.4 Å². The lowest BCUT2D eigenvalue weighted by Gasteiger charge is -2.39. The lowest BCUT2D eigenvalue weighted by molar-refractivity contribution is -0.384. The Kier molecular flexibility index (Phi) is 6.87. The van der Waals surface area contributed by atoms with Crippen LogP contribution in [0.5, 0.6) is 0 Å². The number of nitro benzene ring substituents is 1. The van der Waals surface area contributed by atoms with E-state index < -0.39 is 4.92 Å². The molecule has 2 aliphatic heterocycles. The zero-order valence-corrected chi connectivity index (χ0v) is 17.1. The monoisotopic (exact) mass is 415 g/mol. The molecule has 1 atom stereocenters. The molecule has 1 saturated heterocycles. The van der Waals surface area contributed by atoms with Crippen molar-refractivity contribution in [2.24, 2.45) is 0 Å². The topological polar surface area (TPSA) is 66.7 Å². The molecule has 6 nitrogen and oxygen atoms in total. The van der Waals surface area contributed by atoms with Crippen molar-refractivity contribution in [1.29, 1.82) is 0 Å². The van der Waals surface area contributed by atoms with Gasteiger partial charge in [-0.15, -0.1) is 12.4 Å². The van der Waals surface area contributed by atoms with Gasteiger partial charge in [-0.2, -0.15) is 0 Å². The van der Waals surface area contributed by atoms with E-state index in [1.165, 1.54) is 36.1 Å². The Balaban J connectivity index is 0.00000240. The van der Waals surface area contributed by atoms with Gasteiger partial charge in [0.15, 0.2) is 0 Å². The van der Waals surface area contributed by atoms with Gasteiger partial charge >= 0.3 is 0 Å². The number of likely N-dealkylation sites (tertiary alicyclic amines) is 1. The third kappa shape index (κ3) is 4.77. The Morgan fingerprint density at radius 1 is 1.03 bits per heavy atom. The Morgan fingerprint density at radius 3 is 2.41 bits per heavy atom. The zero-order chi connectivity index (χ0) is 19.5. The van der Waals surface area contributed by atoms with Gasteiger partial charge in [-0.25, -0.2) is 0 Å². The minimum Gasteiger partial charge on any atom is -0.334 e. The number of carbonyl (C=O) groups excluding carboxylic acids is 1. The third-order valence-corrected chi connectivity index (χ3v) is 5.87. The molecule has 0 spiro atoms. The van der Waals surface area contributed by atoms with Crippen molar-refractivity contribution in [2.75, 3.05) is 26.2 Å². The molecule has 0 bridgehead atoms. The molecular weight excluding hydrogens is 390 g/mol. The summed E-state index contributed by atoms with van der Waals surface area (Å²) in [5, 5.41) is 10.8. The lowest BCUT2D eigenvalue weighted by Crippen LogP contribution is -2.45. The van der Waals surface area contributed by atoms with E-state index in [1.807, 2.05) is 4.90 Å². The van der Waals surface area contributed by atoms with Crippen LogP contribution in [0, 0.1) is 10.1 Å². The predicted octanol–water partition coefficient (Wildman–Crippen LogP) is 3.78. The highest BCUT2D eigenvalue weighted by atomic mass is 35.5. The smallest absolute Gasteiger partial charge is 0.269 e. The SMILES string of the molecule is Cl.O=C(Cc1ccc([N+](=O)[O-])cc1)N1CCc2ccccc2C1CN1CCCC1. The van der Waals surface area contributed by atoms with Gasteiger partial charge in [-0.05, 0) is 49.0 Å². The number of fused-ring (bicyclic) bond motifs is 1. The van der Waals surface area contributed by atoms with Gasteiger partial charge in [0.25, 0.3) is 5.69 Å². The highest BCUT2D eigenvalue weighted by Gasteiger charge is 2.32. The van der Waals surface area contributed by atoms with Gasteiger partial charge in [-0.3, -0.25) is 14.9 Å². The molecule has 2 aliphatic rings. The molecule has 0 radical (unpaired) electrons. The summed E-state index contributed by atoms with van der Waals surface area (Å²) in [6.45, 7) is 3.80. The number of amides is 1. The summed E-state index contributed by atoms with van der Waals surface area (Å²) >= 11 is 0. The molecule has 29 heavy (non-hydrogen) atoms. The van der Waals surface area contributed by atoms with Gasteiger partial charge in [0.05, 0.1) is 17.4 Å². The molecule has 1 fully saturated rings. The largest absolute Gasteiger partial charge is 0.334 e. The highest BCUT2D eigenvalue weighted by molar-refractivity contribution is 5.85. The molecule has 0 aromatic heterocycles. The molecule has 1 amide bonds. The number of halogens is 1. The van der Waals surface area contributed by atoms with E-state index in [0.717, 1.165) is 38.2 Å². The Hall–Kier alpha value is -2.44. The number of nitrogens with zero attached hydrogens (tertiary/aromatic N) is 3. The van der Waals surface area contributed by atoms with Gasteiger partial charge < -0.3 is 9.80 Å². The van der Waals surface area contributed by atoms with Crippen molar-refractivity contribution in [2.45, 2.75) is 31.7 Å². The fourth-order valence-corrected chi connectivity index (χ4v) is 4.37. The number of non-ortho nitro benzene ring substituents is 1. The normalized spacial score (nSPS) is 18.8. The molecular formula is C22H26ClN3O3. The van der Waals surface area contributed by atoms with Crippen molar-refractivity contribution < 1.29 is 9.72 Å². The minimum absolute atomic E-state index is 0. The minimum atomic E-state index is -0.417. The maximum Gasteiger partial charge on any atom is 0.269 e. The fraction of sp³-hybridized carbons (Fsp3) is 0.409. The van der Waals surface area contributed by atoms with Gasteiger partial charge in [-0.1, -0.05) is 36.4 Å². The Morgan fingerprint density at radius 2 is 1.72 bits per heavy atom. The maximum absolute atomic E-state index is 13.2. The van der Waals surface area contributed by atoms with Crippen LogP contribution in [0.15, 0.2) is 48.5 Å².